The van der Waals surface area contributed by atoms with Crippen LogP contribution >= 0.6 is 0 Å². The molecular weight excluding hydrogens is 302 g/mol. The van der Waals surface area contributed by atoms with E-state index in [-0.39, 0.29) is 17.7 Å². The molecule has 0 spiro atoms. The average molecular weight is 327 g/mol. The summed E-state index contributed by atoms with van der Waals surface area (Å²) in [5.74, 6) is 0.929. The Morgan fingerprint density at radius 2 is 2.08 bits per heavy atom. The number of carbonyl (C=O) groups is 2. The largest absolute Gasteiger partial charge is 0.356 e. The first-order valence-electron chi connectivity index (χ1n) is 9.18. The first-order valence-corrected chi connectivity index (χ1v) is 9.18. The second kappa shape index (κ2) is 6.19. The fraction of sp³-hybridized carbons (Fsp3) is 0.632. The Labute approximate surface area is 142 Å². The van der Waals surface area contributed by atoms with Crippen LogP contribution in [0.4, 0.5) is 0 Å². The highest BCUT2D eigenvalue weighted by Crippen LogP contribution is 2.49. The van der Waals surface area contributed by atoms with Crippen molar-refractivity contribution in [3.63, 3.8) is 0 Å². The van der Waals surface area contributed by atoms with Gasteiger partial charge in [-0.15, -0.1) is 0 Å². The first kappa shape index (κ1) is 15.6. The number of nitrogens with zero attached hydrogens (tertiary/aromatic N) is 2. The molecule has 2 heterocycles. The number of carbonyl (C=O) groups excluding carboxylic acids is 2. The molecule has 2 saturated carbocycles. The Morgan fingerprint density at radius 1 is 1.25 bits per heavy atom. The van der Waals surface area contributed by atoms with E-state index in [1.165, 1.54) is 12.8 Å². The predicted molar refractivity (Wildman–Crippen MR) is 90.2 cm³/mol. The van der Waals surface area contributed by atoms with Crippen LogP contribution in [0.3, 0.4) is 0 Å². The molecule has 5 nitrogen and oxygen atoms in total. The van der Waals surface area contributed by atoms with Crippen LogP contribution in [-0.2, 0) is 15.0 Å². The van der Waals surface area contributed by atoms with Crippen LogP contribution in [0.15, 0.2) is 24.4 Å². The molecule has 4 rings (SSSR count). The third kappa shape index (κ3) is 3.04. The van der Waals surface area contributed by atoms with Gasteiger partial charge >= 0.3 is 0 Å². The Balaban J connectivity index is 1.40. The molecule has 1 saturated heterocycles. The normalized spacial score (nSPS) is 25.2. The summed E-state index contributed by atoms with van der Waals surface area (Å²) in [4.78, 5) is 31.8. The smallest absolute Gasteiger partial charge is 0.234 e. The van der Waals surface area contributed by atoms with E-state index < -0.39 is 5.41 Å². The van der Waals surface area contributed by atoms with Crippen molar-refractivity contribution >= 4 is 11.8 Å². The van der Waals surface area contributed by atoms with Crippen LogP contribution < -0.4 is 5.32 Å². The summed E-state index contributed by atoms with van der Waals surface area (Å²) in [6.07, 6.45) is 7.77. The number of hydrogen-bond acceptors (Lipinski definition) is 3. The van der Waals surface area contributed by atoms with E-state index in [2.05, 4.69) is 10.3 Å². The standard InChI is InChI=1S/C19H25N3O2/c23-17(21-12-14-6-7-14)15-4-3-11-22(13-15)18(24)19(8-9-19)16-5-1-2-10-20-16/h1-2,5,10,14-15H,3-4,6-9,11-13H2,(H,21,23)/t15-/m1/s1. The van der Waals surface area contributed by atoms with Crippen molar-refractivity contribution in [3.8, 4) is 0 Å². The second-order valence-electron chi connectivity index (χ2n) is 7.58. The van der Waals surface area contributed by atoms with E-state index in [0.717, 1.165) is 44.5 Å². The van der Waals surface area contributed by atoms with Gasteiger partial charge in [0, 0.05) is 25.8 Å². The maximum Gasteiger partial charge on any atom is 0.234 e. The van der Waals surface area contributed by atoms with Crippen LogP contribution in [0.5, 0.6) is 0 Å². The summed E-state index contributed by atoms with van der Waals surface area (Å²) >= 11 is 0. The summed E-state index contributed by atoms with van der Waals surface area (Å²) < 4.78 is 0. The monoisotopic (exact) mass is 327 g/mol. The molecule has 0 radical (unpaired) electrons. The fourth-order valence-corrected chi connectivity index (χ4v) is 3.74. The van der Waals surface area contributed by atoms with Crippen LogP contribution in [0, 0.1) is 11.8 Å². The van der Waals surface area contributed by atoms with Crippen molar-refractivity contribution in [1.82, 2.24) is 15.2 Å². The molecule has 1 N–H and O–H groups in total. The Hall–Kier alpha value is -1.91. The highest BCUT2D eigenvalue weighted by atomic mass is 16.2. The molecule has 0 unspecified atom stereocenters. The molecule has 0 aromatic carbocycles. The fourth-order valence-electron chi connectivity index (χ4n) is 3.74. The average Bonchev–Trinajstić information content (AvgIpc) is 3.54. The summed E-state index contributed by atoms with van der Waals surface area (Å²) in [5.41, 5.74) is 0.462. The Kier molecular flexibility index (Phi) is 4.02. The van der Waals surface area contributed by atoms with E-state index in [1.54, 1.807) is 6.20 Å². The Morgan fingerprint density at radius 3 is 2.75 bits per heavy atom. The minimum Gasteiger partial charge on any atom is -0.356 e. The quantitative estimate of drug-likeness (QED) is 0.898. The molecule has 1 aromatic heterocycles. The van der Waals surface area contributed by atoms with Gasteiger partial charge in [-0.2, -0.15) is 0 Å². The van der Waals surface area contributed by atoms with E-state index in [1.807, 2.05) is 23.1 Å². The van der Waals surface area contributed by atoms with Crippen LogP contribution in [-0.4, -0.2) is 41.3 Å². The van der Waals surface area contributed by atoms with E-state index in [4.69, 9.17) is 0 Å². The highest BCUT2D eigenvalue weighted by molar-refractivity contribution is 5.91. The van der Waals surface area contributed by atoms with E-state index in [0.29, 0.717) is 12.5 Å². The number of likely N-dealkylation sites (tertiary alicyclic amines) is 1. The molecule has 0 bridgehead atoms. The Bertz CT molecular complexity index is 623. The van der Waals surface area contributed by atoms with Crippen LogP contribution in [0.25, 0.3) is 0 Å². The van der Waals surface area contributed by atoms with Crippen molar-refractivity contribution in [2.45, 2.75) is 43.9 Å². The first-order chi connectivity index (χ1) is 11.7. The lowest BCUT2D eigenvalue weighted by molar-refractivity contribution is -0.138. The van der Waals surface area contributed by atoms with Gasteiger partial charge in [0.15, 0.2) is 0 Å². The maximum atomic E-state index is 13.1. The van der Waals surface area contributed by atoms with Crippen molar-refractivity contribution in [2.75, 3.05) is 19.6 Å². The lowest BCUT2D eigenvalue weighted by atomic mass is 9.93. The molecule has 2 aliphatic carbocycles. The van der Waals surface area contributed by atoms with Gasteiger partial charge in [-0.3, -0.25) is 14.6 Å². The molecule has 2 amide bonds. The third-order valence-electron chi connectivity index (χ3n) is 5.66. The van der Waals surface area contributed by atoms with Crippen molar-refractivity contribution in [2.24, 2.45) is 11.8 Å². The second-order valence-corrected chi connectivity index (χ2v) is 7.58. The molecule has 1 aliphatic heterocycles. The highest BCUT2D eigenvalue weighted by Gasteiger charge is 2.54. The molecular formula is C19H25N3O2. The van der Waals surface area contributed by atoms with Gasteiger partial charge in [0.1, 0.15) is 0 Å². The van der Waals surface area contributed by atoms with Gasteiger partial charge in [0.25, 0.3) is 0 Å². The summed E-state index contributed by atoms with van der Waals surface area (Å²) in [7, 11) is 0. The number of rotatable bonds is 5. The number of hydrogen-bond donors (Lipinski definition) is 1. The zero-order valence-corrected chi connectivity index (χ0v) is 14.0. The van der Waals surface area contributed by atoms with Crippen molar-refractivity contribution < 1.29 is 9.59 Å². The number of amides is 2. The lowest BCUT2D eigenvalue weighted by Crippen LogP contribution is -2.49. The number of aromatic nitrogens is 1. The van der Waals surface area contributed by atoms with Gasteiger partial charge < -0.3 is 10.2 Å². The molecule has 128 valence electrons. The van der Waals surface area contributed by atoms with E-state index >= 15 is 0 Å². The number of piperidine rings is 1. The van der Waals surface area contributed by atoms with Gasteiger partial charge in [0.05, 0.1) is 17.0 Å². The van der Waals surface area contributed by atoms with Crippen molar-refractivity contribution in [1.29, 1.82) is 0 Å². The molecule has 5 heteroatoms. The van der Waals surface area contributed by atoms with Gasteiger partial charge in [-0.1, -0.05) is 6.07 Å². The van der Waals surface area contributed by atoms with E-state index in [9.17, 15) is 9.59 Å². The molecule has 24 heavy (non-hydrogen) atoms. The SMILES string of the molecule is O=C(NCC1CC1)[C@@H]1CCCN(C(=O)C2(c3ccccn3)CC2)C1. The van der Waals surface area contributed by atoms with Crippen LogP contribution in [0.1, 0.15) is 44.2 Å². The number of pyridine rings is 1. The zero-order chi connectivity index (χ0) is 16.6. The van der Waals surface area contributed by atoms with Gasteiger partial charge in [-0.05, 0) is 56.6 Å². The summed E-state index contributed by atoms with van der Waals surface area (Å²) in [6.45, 7) is 2.13. The zero-order valence-electron chi connectivity index (χ0n) is 14.0. The molecule has 3 aliphatic rings. The minimum atomic E-state index is -0.423. The third-order valence-corrected chi connectivity index (χ3v) is 5.66. The van der Waals surface area contributed by atoms with Gasteiger partial charge in [-0.25, -0.2) is 0 Å². The minimum absolute atomic E-state index is 0.0546. The van der Waals surface area contributed by atoms with Crippen LogP contribution in [0.2, 0.25) is 0 Å². The summed E-state index contributed by atoms with van der Waals surface area (Å²) in [5, 5.41) is 3.07. The maximum absolute atomic E-state index is 13.1. The van der Waals surface area contributed by atoms with Crippen molar-refractivity contribution in [3.05, 3.63) is 30.1 Å². The lowest BCUT2D eigenvalue weighted by Gasteiger charge is -2.34. The topological polar surface area (TPSA) is 62.3 Å². The molecule has 1 aromatic rings. The number of nitrogens with one attached hydrogen (secondary N) is 1. The van der Waals surface area contributed by atoms with Gasteiger partial charge in [0.2, 0.25) is 11.8 Å². The molecule has 3 fully saturated rings. The molecule has 1 atom stereocenters. The summed E-state index contributed by atoms with van der Waals surface area (Å²) in [6, 6.07) is 5.78. The predicted octanol–water partition coefficient (Wildman–Crippen LogP) is 1.88.